The Hall–Kier alpha value is -0.670. The van der Waals surface area contributed by atoms with Crippen molar-refractivity contribution in [3.63, 3.8) is 0 Å². The number of rotatable bonds is 2. The molecule has 0 saturated carbocycles. The number of hydrogen-bond acceptors (Lipinski definition) is 3. The molecule has 1 heterocycles. The van der Waals surface area contributed by atoms with Crippen molar-refractivity contribution >= 4 is 50.1 Å². The molecule has 0 aliphatic heterocycles. The molecule has 4 nitrogen and oxygen atoms in total. The maximum Gasteiger partial charge on any atom is 0.268 e. The summed E-state index contributed by atoms with van der Waals surface area (Å²) in [6.07, 6.45) is 1.21. The van der Waals surface area contributed by atoms with E-state index in [2.05, 4.69) is 25.9 Å². The van der Waals surface area contributed by atoms with Gasteiger partial charge in [0.15, 0.2) is 0 Å². The highest BCUT2D eigenvalue weighted by atomic mass is 127. The molecule has 0 aliphatic rings. The summed E-state index contributed by atoms with van der Waals surface area (Å²) in [5.41, 5.74) is -0.328. The lowest BCUT2D eigenvalue weighted by Crippen LogP contribution is -2.11. The predicted octanol–water partition coefficient (Wildman–Crippen LogP) is 3.72. The highest BCUT2D eigenvalue weighted by Crippen LogP contribution is 2.33. The maximum atomic E-state index is 13.3. The fourth-order valence-corrected chi connectivity index (χ4v) is 2.25. The monoisotopic (exact) mass is 444 g/mol. The van der Waals surface area contributed by atoms with E-state index in [1.54, 1.807) is 22.6 Å². The van der Waals surface area contributed by atoms with Crippen molar-refractivity contribution in [2.24, 2.45) is 0 Å². The van der Waals surface area contributed by atoms with Gasteiger partial charge in [0.1, 0.15) is 15.1 Å². The van der Waals surface area contributed by atoms with Crippen LogP contribution in [0.4, 0.5) is 4.39 Å². The number of hydrogen-bond donors (Lipinski definition) is 1. The van der Waals surface area contributed by atoms with Crippen molar-refractivity contribution in [3.05, 3.63) is 47.7 Å². The van der Waals surface area contributed by atoms with Crippen LogP contribution in [-0.4, -0.2) is 9.97 Å². The molecule has 0 atom stereocenters. The zero-order valence-electron chi connectivity index (χ0n) is 8.51. The second kappa shape index (κ2) is 5.54. The van der Waals surface area contributed by atoms with E-state index in [0.29, 0.717) is 4.47 Å². The molecule has 0 radical (unpaired) electrons. The zero-order chi connectivity index (χ0) is 13.3. The molecule has 2 aromatic rings. The molecule has 0 aliphatic carbocycles. The van der Waals surface area contributed by atoms with Crippen LogP contribution in [0.15, 0.2) is 27.7 Å². The van der Waals surface area contributed by atoms with E-state index in [9.17, 15) is 9.18 Å². The second-order valence-electron chi connectivity index (χ2n) is 3.15. The van der Waals surface area contributed by atoms with Crippen LogP contribution in [0.2, 0.25) is 5.02 Å². The number of nitrogens with one attached hydrogen (secondary N) is 1. The normalized spacial score (nSPS) is 10.4. The summed E-state index contributed by atoms with van der Waals surface area (Å²) >= 11 is 10.6. The van der Waals surface area contributed by atoms with Gasteiger partial charge < -0.3 is 9.72 Å². The first-order chi connectivity index (χ1) is 8.49. The first kappa shape index (κ1) is 13.8. The van der Waals surface area contributed by atoms with Gasteiger partial charge in [-0.25, -0.2) is 9.37 Å². The van der Waals surface area contributed by atoms with Crippen molar-refractivity contribution in [2.45, 2.75) is 0 Å². The number of ether oxygens (including phenoxy) is 1. The van der Waals surface area contributed by atoms with Gasteiger partial charge in [0.25, 0.3) is 5.56 Å². The smallest absolute Gasteiger partial charge is 0.268 e. The Labute approximate surface area is 128 Å². The lowest BCUT2D eigenvalue weighted by atomic mass is 10.3. The largest absolute Gasteiger partial charge is 0.436 e. The zero-order valence-corrected chi connectivity index (χ0v) is 13.0. The SMILES string of the molecule is O=c1[nH]cnc(Oc2cc(F)c(Cl)cc2Br)c1I. The summed E-state index contributed by atoms with van der Waals surface area (Å²) in [7, 11) is 0. The number of aromatic amines is 1. The summed E-state index contributed by atoms with van der Waals surface area (Å²) in [6, 6.07) is 2.48. The van der Waals surface area contributed by atoms with Crippen LogP contribution >= 0.6 is 50.1 Å². The third-order valence-electron chi connectivity index (χ3n) is 1.95. The molecule has 18 heavy (non-hydrogen) atoms. The fraction of sp³-hybridized carbons (Fsp3) is 0. The van der Waals surface area contributed by atoms with Gasteiger partial charge in [0.2, 0.25) is 5.88 Å². The Morgan fingerprint density at radius 3 is 2.94 bits per heavy atom. The van der Waals surface area contributed by atoms with E-state index in [1.807, 2.05) is 0 Å². The predicted molar refractivity (Wildman–Crippen MR) is 76.8 cm³/mol. The molecular weight excluding hydrogens is 441 g/mol. The van der Waals surface area contributed by atoms with Crippen LogP contribution in [0.3, 0.4) is 0 Å². The van der Waals surface area contributed by atoms with Crippen LogP contribution in [-0.2, 0) is 0 Å². The topological polar surface area (TPSA) is 55.0 Å². The highest BCUT2D eigenvalue weighted by molar-refractivity contribution is 14.1. The lowest BCUT2D eigenvalue weighted by molar-refractivity contribution is 0.449. The van der Waals surface area contributed by atoms with Crippen LogP contribution in [0, 0.1) is 9.39 Å². The molecule has 2 rings (SSSR count). The Balaban J connectivity index is 2.43. The third kappa shape index (κ3) is 2.83. The van der Waals surface area contributed by atoms with Gasteiger partial charge in [-0.05, 0) is 44.6 Å². The first-order valence-corrected chi connectivity index (χ1v) is 6.79. The van der Waals surface area contributed by atoms with E-state index in [4.69, 9.17) is 16.3 Å². The molecule has 0 spiro atoms. The average Bonchev–Trinajstić information content (AvgIpc) is 2.32. The minimum absolute atomic E-state index is 0.0252. The van der Waals surface area contributed by atoms with Gasteiger partial charge in [-0.15, -0.1) is 0 Å². The summed E-state index contributed by atoms with van der Waals surface area (Å²) in [4.78, 5) is 17.6. The van der Waals surface area contributed by atoms with Gasteiger partial charge in [0, 0.05) is 6.07 Å². The minimum Gasteiger partial charge on any atom is -0.436 e. The molecule has 1 aromatic heterocycles. The van der Waals surface area contributed by atoms with E-state index in [0.717, 1.165) is 6.07 Å². The van der Waals surface area contributed by atoms with E-state index in [1.165, 1.54) is 12.4 Å². The van der Waals surface area contributed by atoms with Gasteiger partial charge in [0.05, 0.1) is 15.8 Å². The van der Waals surface area contributed by atoms with Crippen molar-refractivity contribution in [1.29, 1.82) is 0 Å². The standard InChI is InChI=1S/C10H4BrClFIN2O2/c11-4-1-5(12)6(13)2-7(4)18-10-8(14)9(17)15-3-16-10/h1-3H,(H,15,16,17). The van der Waals surface area contributed by atoms with Crippen molar-refractivity contribution in [1.82, 2.24) is 9.97 Å². The Bertz CT molecular complexity index is 665. The fourth-order valence-electron chi connectivity index (χ4n) is 1.12. The van der Waals surface area contributed by atoms with E-state index >= 15 is 0 Å². The number of halogens is 4. The Kier molecular flexibility index (Phi) is 4.23. The Morgan fingerprint density at radius 1 is 1.50 bits per heavy atom. The van der Waals surface area contributed by atoms with Gasteiger partial charge in [-0.3, -0.25) is 4.79 Å². The highest BCUT2D eigenvalue weighted by Gasteiger charge is 2.12. The lowest BCUT2D eigenvalue weighted by Gasteiger charge is -2.08. The van der Waals surface area contributed by atoms with E-state index in [-0.39, 0.29) is 25.8 Å². The summed E-state index contributed by atoms with van der Waals surface area (Å²) in [5, 5.41) is -0.0252. The molecule has 0 unspecified atom stereocenters. The molecule has 0 fully saturated rings. The van der Waals surface area contributed by atoms with Crippen LogP contribution < -0.4 is 10.3 Å². The van der Waals surface area contributed by atoms with Crippen LogP contribution in [0.25, 0.3) is 0 Å². The minimum atomic E-state index is -0.616. The molecule has 0 bridgehead atoms. The second-order valence-corrected chi connectivity index (χ2v) is 5.49. The number of benzene rings is 1. The summed E-state index contributed by atoms with van der Waals surface area (Å²) in [6.45, 7) is 0. The molecule has 1 aromatic carbocycles. The molecule has 94 valence electrons. The first-order valence-electron chi connectivity index (χ1n) is 4.54. The molecule has 0 saturated heterocycles. The quantitative estimate of drug-likeness (QED) is 0.566. The Morgan fingerprint density at radius 2 is 2.22 bits per heavy atom. The van der Waals surface area contributed by atoms with Crippen LogP contribution in [0.5, 0.6) is 11.6 Å². The number of H-pyrrole nitrogens is 1. The van der Waals surface area contributed by atoms with Gasteiger partial charge in [-0.2, -0.15) is 0 Å². The summed E-state index contributed by atoms with van der Waals surface area (Å²) in [5.74, 6) is -0.329. The number of aromatic nitrogens is 2. The van der Waals surface area contributed by atoms with Crippen molar-refractivity contribution in [2.75, 3.05) is 0 Å². The number of nitrogens with zero attached hydrogens (tertiary/aromatic N) is 1. The average molecular weight is 445 g/mol. The van der Waals surface area contributed by atoms with Crippen LogP contribution in [0.1, 0.15) is 0 Å². The molecular formula is C10H4BrClFIN2O2. The van der Waals surface area contributed by atoms with Gasteiger partial charge in [-0.1, -0.05) is 11.6 Å². The summed E-state index contributed by atoms with van der Waals surface area (Å²) < 4.78 is 19.4. The molecule has 0 amide bonds. The van der Waals surface area contributed by atoms with Gasteiger partial charge >= 0.3 is 0 Å². The third-order valence-corrected chi connectivity index (χ3v) is 3.81. The van der Waals surface area contributed by atoms with Crippen molar-refractivity contribution in [3.8, 4) is 11.6 Å². The molecule has 1 N–H and O–H groups in total. The molecule has 8 heteroatoms. The maximum absolute atomic E-state index is 13.3. The van der Waals surface area contributed by atoms with E-state index < -0.39 is 5.82 Å². The van der Waals surface area contributed by atoms with Crippen molar-refractivity contribution < 1.29 is 9.13 Å².